The van der Waals surface area contributed by atoms with Gasteiger partial charge in [0.05, 0.1) is 13.2 Å². The predicted octanol–water partition coefficient (Wildman–Crippen LogP) is 1.64. The highest BCUT2D eigenvalue weighted by molar-refractivity contribution is 5.36. The van der Waals surface area contributed by atoms with Crippen LogP contribution in [0.5, 0.6) is 0 Å². The molecule has 19 heavy (non-hydrogen) atoms. The van der Waals surface area contributed by atoms with Crippen LogP contribution in [0.25, 0.3) is 0 Å². The fraction of sp³-hybridized carbons (Fsp3) is 0.500. The maximum atomic E-state index is 8.68. The van der Waals surface area contributed by atoms with E-state index in [0.717, 1.165) is 44.8 Å². The summed E-state index contributed by atoms with van der Waals surface area (Å²) < 4.78 is 5.46. The number of nitrogens with zero attached hydrogens (tertiary/aromatic N) is 1. The molecule has 0 unspecified atom stereocenters. The zero-order valence-corrected chi connectivity index (χ0v) is 11.3. The number of aliphatic hydroxyl groups is 1. The molecule has 0 amide bonds. The predicted molar refractivity (Wildman–Crippen MR) is 75.7 cm³/mol. The van der Waals surface area contributed by atoms with Gasteiger partial charge in [-0.3, -0.25) is 4.90 Å². The number of rotatable bonds is 3. The summed E-state index contributed by atoms with van der Waals surface area (Å²) in [7, 11) is 0. The summed E-state index contributed by atoms with van der Waals surface area (Å²) in [6.45, 7) is 4.95. The van der Waals surface area contributed by atoms with Crippen molar-refractivity contribution in [3.8, 4) is 11.8 Å². The Labute approximate surface area is 115 Å². The molecule has 1 aromatic carbocycles. The van der Waals surface area contributed by atoms with Gasteiger partial charge < -0.3 is 9.84 Å². The second-order valence-corrected chi connectivity index (χ2v) is 4.71. The Bertz CT molecular complexity index is 422. The summed E-state index contributed by atoms with van der Waals surface area (Å²) in [6.07, 6.45) is 1.65. The Balaban J connectivity index is 1.89. The van der Waals surface area contributed by atoms with E-state index < -0.39 is 0 Å². The molecule has 1 aliphatic rings. The first-order valence-electron chi connectivity index (χ1n) is 6.87. The highest BCUT2D eigenvalue weighted by atomic mass is 16.5. The summed E-state index contributed by atoms with van der Waals surface area (Å²) in [4.78, 5) is 2.43. The van der Waals surface area contributed by atoms with Crippen molar-refractivity contribution in [3.63, 3.8) is 0 Å². The number of ether oxygens (including phenoxy) is 1. The Morgan fingerprint density at radius 2 is 2.00 bits per heavy atom. The molecule has 2 rings (SSSR count). The van der Waals surface area contributed by atoms with Crippen LogP contribution in [0, 0.1) is 11.8 Å². The SMILES string of the molecule is OCCC#Cc1ccc(CN2CCCOCC2)cc1. The standard InChI is InChI=1S/C16H21NO2/c18-11-2-1-4-15-5-7-16(8-6-15)14-17-9-3-12-19-13-10-17/h5-8,18H,2-3,9-14H2. The Morgan fingerprint density at radius 1 is 1.16 bits per heavy atom. The molecule has 3 nitrogen and oxygen atoms in total. The molecule has 1 aromatic rings. The van der Waals surface area contributed by atoms with E-state index in [4.69, 9.17) is 9.84 Å². The highest BCUT2D eigenvalue weighted by Crippen LogP contribution is 2.09. The lowest BCUT2D eigenvalue weighted by Gasteiger charge is -2.18. The molecule has 1 aliphatic heterocycles. The third kappa shape index (κ3) is 5.04. The number of benzene rings is 1. The van der Waals surface area contributed by atoms with Gasteiger partial charge in [-0.2, -0.15) is 0 Å². The van der Waals surface area contributed by atoms with Crippen molar-refractivity contribution < 1.29 is 9.84 Å². The normalized spacial score (nSPS) is 16.5. The van der Waals surface area contributed by atoms with Crippen LogP contribution in [0.15, 0.2) is 24.3 Å². The van der Waals surface area contributed by atoms with Crippen molar-refractivity contribution in [1.29, 1.82) is 0 Å². The first-order valence-corrected chi connectivity index (χ1v) is 6.87. The van der Waals surface area contributed by atoms with E-state index in [-0.39, 0.29) is 6.61 Å². The quantitative estimate of drug-likeness (QED) is 0.838. The van der Waals surface area contributed by atoms with Gasteiger partial charge in [0.25, 0.3) is 0 Å². The average Bonchev–Trinajstić information content (AvgIpc) is 2.70. The molecule has 0 saturated carbocycles. The van der Waals surface area contributed by atoms with Crippen LogP contribution >= 0.6 is 0 Å². The van der Waals surface area contributed by atoms with E-state index in [1.54, 1.807) is 0 Å². The molecule has 0 aliphatic carbocycles. The monoisotopic (exact) mass is 259 g/mol. The van der Waals surface area contributed by atoms with Gasteiger partial charge in [0.2, 0.25) is 0 Å². The van der Waals surface area contributed by atoms with E-state index in [0.29, 0.717) is 6.42 Å². The molecule has 1 fully saturated rings. The Hall–Kier alpha value is -1.34. The highest BCUT2D eigenvalue weighted by Gasteiger charge is 2.09. The van der Waals surface area contributed by atoms with Gasteiger partial charge in [0, 0.05) is 38.2 Å². The summed E-state index contributed by atoms with van der Waals surface area (Å²) >= 11 is 0. The summed E-state index contributed by atoms with van der Waals surface area (Å²) in [5.41, 5.74) is 2.33. The average molecular weight is 259 g/mol. The lowest BCUT2D eigenvalue weighted by Crippen LogP contribution is -2.25. The fourth-order valence-electron chi connectivity index (χ4n) is 2.13. The molecule has 1 saturated heterocycles. The van der Waals surface area contributed by atoms with E-state index in [1.165, 1.54) is 5.56 Å². The van der Waals surface area contributed by atoms with Crippen molar-refractivity contribution >= 4 is 0 Å². The summed E-state index contributed by atoms with van der Waals surface area (Å²) in [5.74, 6) is 5.98. The molecule has 0 aromatic heterocycles. The van der Waals surface area contributed by atoms with Gasteiger partial charge in [-0.25, -0.2) is 0 Å². The second kappa shape index (κ2) is 7.96. The van der Waals surface area contributed by atoms with Gasteiger partial charge >= 0.3 is 0 Å². The number of aliphatic hydroxyl groups excluding tert-OH is 1. The smallest absolute Gasteiger partial charge is 0.0593 e. The topological polar surface area (TPSA) is 32.7 Å². The summed E-state index contributed by atoms with van der Waals surface area (Å²) in [6, 6.07) is 8.37. The van der Waals surface area contributed by atoms with E-state index >= 15 is 0 Å². The largest absolute Gasteiger partial charge is 0.395 e. The van der Waals surface area contributed by atoms with Crippen LogP contribution in [0.1, 0.15) is 24.0 Å². The molecule has 0 atom stereocenters. The Kier molecular flexibility index (Phi) is 5.90. The molecule has 3 heteroatoms. The lowest BCUT2D eigenvalue weighted by atomic mass is 10.1. The molecule has 0 bridgehead atoms. The third-order valence-electron chi connectivity index (χ3n) is 3.14. The van der Waals surface area contributed by atoms with Gasteiger partial charge in [0.15, 0.2) is 0 Å². The molecule has 102 valence electrons. The summed E-state index contributed by atoms with van der Waals surface area (Å²) in [5, 5.41) is 8.68. The second-order valence-electron chi connectivity index (χ2n) is 4.71. The zero-order chi connectivity index (χ0) is 13.3. The molecular weight excluding hydrogens is 238 g/mol. The lowest BCUT2D eigenvalue weighted by molar-refractivity contribution is 0.140. The maximum absolute atomic E-state index is 8.68. The fourth-order valence-corrected chi connectivity index (χ4v) is 2.13. The zero-order valence-electron chi connectivity index (χ0n) is 11.3. The van der Waals surface area contributed by atoms with Crippen LogP contribution in [0.3, 0.4) is 0 Å². The minimum atomic E-state index is 0.127. The molecular formula is C16H21NO2. The van der Waals surface area contributed by atoms with Gasteiger partial charge in [0.1, 0.15) is 0 Å². The first-order chi connectivity index (χ1) is 9.38. The maximum Gasteiger partial charge on any atom is 0.0593 e. The van der Waals surface area contributed by atoms with Crippen molar-refractivity contribution in [2.45, 2.75) is 19.4 Å². The van der Waals surface area contributed by atoms with Crippen molar-refractivity contribution in [2.75, 3.05) is 32.9 Å². The van der Waals surface area contributed by atoms with E-state index in [2.05, 4.69) is 28.9 Å². The van der Waals surface area contributed by atoms with E-state index in [9.17, 15) is 0 Å². The van der Waals surface area contributed by atoms with Crippen LogP contribution in [-0.2, 0) is 11.3 Å². The van der Waals surface area contributed by atoms with Crippen molar-refractivity contribution in [1.82, 2.24) is 4.90 Å². The van der Waals surface area contributed by atoms with Gasteiger partial charge in [-0.1, -0.05) is 24.0 Å². The number of hydrogen-bond acceptors (Lipinski definition) is 3. The van der Waals surface area contributed by atoms with Crippen LogP contribution in [0.2, 0.25) is 0 Å². The Morgan fingerprint density at radius 3 is 2.79 bits per heavy atom. The van der Waals surface area contributed by atoms with Crippen LogP contribution in [0.4, 0.5) is 0 Å². The first kappa shape index (κ1) is 14.1. The molecule has 1 N–H and O–H groups in total. The van der Waals surface area contributed by atoms with Crippen molar-refractivity contribution in [3.05, 3.63) is 35.4 Å². The van der Waals surface area contributed by atoms with E-state index in [1.807, 2.05) is 12.1 Å². The number of hydrogen-bond donors (Lipinski definition) is 1. The minimum Gasteiger partial charge on any atom is -0.395 e. The molecule has 0 radical (unpaired) electrons. The van der Waals surface area contributed by atoms with Crippen molar-refractivity contribution in [2.24, 2.45) is 0 Å². The van der Waals surface area contributed by atoms with Crippen LogP contribution in [-0.4, -0.2) is 42.9 Å². The minimum absolute atomic E-state index is 0.127. The molecule has 0 spiro atoms. The van der Waals surface area contributed by atoms with Gasteiger partial charge in [-0.15, -0.1) is 0 Å². The van der Waals surface area contributed by atoms with Crippen LogP contribution < -0.4 is 0 Å². The third-order valence-corrected chi connectivity index (χ3v) is 3.14. The molecule has 1 heterocycles. The van der Waals surface area contributed by atoms with Gasteiger partial charge in [-0.05, 0) is 24.1 Å².